The van der Waals surface area contributed by atoms with Crippen molar-refractivity contribution in [1.82, 2.24) is 10.3 Å². The summed E-state index contributed by atoms with van der Waals surface area (Å²) in [4.78, 5) is 3.99. The third-order valence-corrected chi connectivity index (χ3v) is 3.81. The monoisotopic (exact) mass is 299 g/mol. The van der Waals surface area contributed by atoms with Crippen LogP contribution in [-0.4, -0.2) is 10.1 Å². The van der Waals surface area contributed by atoms with Crippen LogP contribution in [0, 0.1) is 13.8 Å². The second kappa shape index (κ2) is 7.18. The second-order valence-corrected chi connectivity index (χ2v) is 5.55. The number of benzene rings is 1. The SMILES string of the molecule is CC[C@@H](NC(=S)Nc1ccncc1)c1ccc(C)c(C)c1. The van der Waals surface area contributed by atoms with Gasteiger partial charge in [0.25, 0.3) is 0 Å². The van der Waals surface area contributed by atoms with Gasteiger partial charge in [0.15, 0.2) is 5.11 Å². The van der Waals surface area contributed by atoms with Crippen LogP contribution in [0.4, 0.5) is 5.69 Å². The molecule has 0 saturated heterocycles. The highest BCUT2D eigenvalue weighted by atomic mass is 32.1. The van der Waals surface area contributed by atoms with Crippen LogP contribution < -0.4 is 10.6 Å². The fourth-order valence-corrected chi connectivity index (χ4v) is 2.42. The van der Waals surface area contributed by atoms with Crippen molar-refractivity contribution in [3.8, 4) is 0 Å². The number of pyridine rings is 1. The molecule has 1 atom stereocenters. The Bertz CT molecular complexity index is 611. The van der Waals surface area contributed by atoms with Crippen molar-refractivity contribution in [3.05, 3.63) is 59.4 Å². The minimum atomic E-state index is 0.214. The summed E-state index contributed by atoms with van der Waals surface area (Å²) in [5.41, 5.74) is 4.82. The molecule has 4 heteroatoms. The molecule has 0 amide bonds. The lowest BCUT2D eigenvalue weighted by Gasteiger charge is -2.21. The van der Waals surface area contributed by atoms with E-state index in [0.717, 1.165) is 12.1 Å². The molecule has 2 aromatic rings. The van der Waals surface area contributed by atoms with Crippen molar-refractivity contribution in [2.75, 3.05) is 5.32 Å². The zero-order chi connectivity index (χ0) is 15.2. The molecular formula is C17H21N3S. The molecular weight excluding hydrogens is 278 g/mol. The molecule has 1 heterocycles. The molecule has 0 unspecified atom stereocenters. The number of hydrogen-bond acceptors (Lipinski definition) is 2. The standard InChI is InChI=1S/C17H21N3S/c1-4-16(14-6-5-12(2)13(3)11-14)20-17(21)19-15-7-9-18-10-8-15/h5-11,16H,4H2,1-3H3,(H2,18,19,20,21)/t16-/m1/s1. The lowest BCUT2D eigenvalue weighted by molar-refractivity contribution is 0.628. The highest BCUT2D eigenvalue weighted by Crippen LogP contribution is 2.20. The average molecular weight is 299 g/mol. The minimum Gasteiger partial charge on any atom is -0.356 e. The number of aryl methyl sites for hydroxylation is 2. The van der Waals surface area contributed by atoms with Crippen LogP contribution in [0.25, 0.3) is 0 Å². The van der Waals surface area contributed by atoms with Gasteiger partial charge in [0.05, 0.1) is 6.04 Å². The molecule has 1 aromatic heterocycles. The van der Waals surface area contributed by atoms with Crippen molar-refractivity contribution in [2.45, 2.75) is 33.2 Å². The number of nitrogens with one attached hydrogen (secondary N) is 2. The van der Waals surface area contributed by atoms with Crippen LogP contribution in [0.5, 0.6) is 0 Å². The van der Waals surface area contributed by atoms with E-state index in [9.17, 15) is 0 Å². The third kappa shape index (κ3) is 4.26. The van der Waals surface area contributed by atoms with Crippen LogP contribution in [0.2, 0.25) is 0 Å². The summed E-state index contributed by atoms with van der Waals surface area (Å²) in [6.07, 6.45) is 4.46. The zero-order valence-electron chi connectivity index (χ0n) is 12.7. The Labute approximate surface area is 131 Å². The Hall–Kier alpha value is -1.94. The minimum absolute atomic E-state index is 0.214. The maximum Gasteiger partial charge on any atom is 0.171 e. The highest BCUT2D eigenvalue weighted by Gasteiger charge is 2.11. The summed E-state index contributed by atoms with van der Waals surface area (Å²) >= 11 is 5.39. The van der Waals surface area contributed by atoms with E-state index in [1.54, 1.807) is 12.4 Å². The number of hydrogen-bond donors (Lipinski definition) is 2. The van der Waals surface area contributed by atoms with E-state index in [2.05, 4.69) is 54.6 Å². The van der Waals surface area contributed by atoms with E-state index in [1.165, 1.54) is 16.7 Å². The summed E-state index contributed by atoms with van der Waals surface area (Å²) in [7, 11) is 0. The van der Waals surface area contributed by atoms with E-state index >= 15 is 0 Å². The molecule has 0 spiro atoms. The van der Waals surface area contributed by atoms with Gasteiger partial charge in [0, 0.05) is 18.1 Å². The van der Waals surface area contributed by atoms with Crippen LogP contribution in [0.15, 0.2) is 42.7 Å². The summed E-state index contributed by atoms with van der Waals surface area (Å²) in [6.45, 7) is 6.42. The molecule has 0 fully saturated rings. The first-order chi connectivity index (χ1) is 10.1. The number of rotatable bonds is 4. The fraction of sp³-hybridized carbons (Fsp3) is 0.294. The van der Waals surface area contributed by atoms with Gasteiger partial charge in [-0.3, -0.25) is 4.98 Å². The van der Waals surface area contributed by atoms with Gasteiger partial charge in [-0.05, 0) is 61.3 Å². The van der Waals surface area contributed by atoms with Gasteiger partial charge in [-0.2, -0.15) is 0 Å². The van der Waals surface area contributed by atoms with Crippen molar-refractivity contribution in [2.24, 2.45) is 0 Å². The summed E-state index contributed by atoms with van der Waals surface area (Å²) in [5, 5.41) is 7.19. The molecule has 0 aliphatic rings. The molecule has 0 saturated carbocycles. The van der Waals surface area contributed by atoms with Gasteiger partial charge in [-0.25, -0.2) is 0 Å². The van der Waals surface area contributed by atoms with Gasteiger partial charge >= 0.3 is 0 Å². The molecule has 0 aliphatic carbocycles. The van der Waals surface area contributed by atoms with Crippen LogP contribution in [-0.2, 0) is 0 Å². The molecule has 21 heavy (non-hydrogen) atoms. The zero-order valence-corrected chi connectivity index (χ0v) is 13.5. The maximum atomic E-state index is 5.39. The van der Waals surface area contributed by atoms with E-state index < -0.39 is 0 Å². The number of nitrogens with zero attached hydrogens (tertiary/aromatic N) is 1. The normalized spacial score (nSPS) is 11.8. The molecule has 2 N–H and O–H groups in total. The molecule has 2 rings (SSSR count). The predicted octanol–water partition coefficient (Wildman–Crippen LogP) is 4.14. The van der Waals surface area contributed by atoms with Gasteiger partial charge in [0.2, 0.25) is 0 Å². The van der Waals surface area contributed by atoms with E-state index in [0.29, 0.717) is 5.11 Å². The Kier molecular flexibility index (Phi) is 5.28. The summed E-state index contributed by atoms with van der Waals surface area (Å²) in [6, 6.07) is 10.6. The highest BCUT2D eigenvalue weighted by molar-refractivity contribution is 7.80. The largest absolute Gasteiger partial charge is 0.356 e. The molecule has 0 radical (unpaired) electrons. The fourth-order valence-electron chi connectivity index (χ4n) is 2.16. The van der Waals surface area contributed by atoms with Crippen molar-refractivity contribution >= 4 is 23.0 Å². The molecule has 0 bridgehead atoms. The van der Waals surface area contributed by atoms with E-state index in [-0.39, 0.29) is 6.04 Å². The van der Waals surface area contributed by atoms with Crippen LogP contribution >= 0.6 is 12.2 Å². The van der Waals surface area contributed by atoms with Crippen molar-refractivity contribution < 1.29 is 0 Å². The molecule has 3 nitrogen and oxygen atoms in total. The van der Waals surface area contributed by atoms with Crippen molar-refractivity contribution in [1.29, 1.82) is 0 Å². The number of thiocarbonyl (C=S) groups is 1. The average Bonchev–Trinajstić information content (AvgIpc) is 2.49. The predicted molar refractivity (Wildman–Crippen MR) is 92.5 cm³/mol. The van der Waals surface area contributed by atoms with Gasteiger partial charge < -0.3 is 10.6 Å². The first-order valence-electron chi connectivity index (χ1n) is 7.15. The van der Waals surface area contributed by atoms with Gasteiger partial charge in [0.1, 0.15) is 0 Å². The summed E-state index contributed by atoms with van der Waals surface area (Å²) in [5.74, 6) is 0. The topological polar surface area (TPSA) is 37.0 Å². The number of anilines is 1. The lowest BCUT2D eigenvalue weighted by atomic mass is 9.99. The second-order valence-electron chi connectivity index (χ2n) is 5.14. The van der Waals surface area contributed by atoms with Gasteiger partial charge in [-0.15, -0.1) is 0 Å². The third-order valence-electron chi connectivity index (χ3n) is 3.59. The molecule has 0 aliphatic heterocycles. The van der Waals surface area contributed by atoms with Crippen LogP contribution in [0.1, 0.15) is 36.1 Å². The Morgan fingerprint density at radius 1 is 1.14 bits per heavy atom. The van der Waals surface area contributed by atoms with E-state index in [4.69, 9.17) is 12.2 Å². The Morgan fingerprint density at radius 2 is 1.86 bits per heavy atom. The quantitative estimate of drug-likeness (QED) is 0.832. The first kappa shape index (κ1) is 15.4. The lowest BCUT2D eigenvalue weighted by Crippen LogP contribution is -2.32. The molecule has 1 aromatic carbocycles. The van der Waals surface area contributed by atoms with Crippen LogP contribution in [0.3, 0.4) is 0 Å². The summed E-state index contributed by atoms with van der Waals surface area (Å²) < 4.78 is 0. The smallest absolute Gasteiger partial charge is 0.171 e. The van der Waals surface area contributed by atoms with Crippen molar-refractivity contribution in [3.63, 3.8) is 0 Å². The Balaban J connectivity index is 2.04. The van der Waals surface area contributed by atoms with Gasteiger partial charge in [-0.1, -0.05) is 25.1 Å². The van der Waals surface area contributed by atoms with E-state index in [1.807, 2.05) is 12.1 Å². The number of aromatic nitrogens is 1. The first-order valence-corrected chi connectivity index (χ1v) is 7.55. The molecule has 110 valence electrons. The Morgan fingerprint density at radius 3 is 2.48 bits per heavy atom. The maximum absolute atomic E-state index is 5.39.